The molecule has 0 amide bonds. The van der Waals surface area contributed by atoms with Gasteiger partial charge in [-0.3, -0.25) is 0 Å². The van der Waals surface area contributed by atoms with E-state index in [0.29, 0.717) is 30.6 Å². The zero-order chi connectivity index (χ0) is 10.4. The monoisotopic (exact) mass is 218 g/mol. The van der Waals surface area contributed by atoms with Gasteiger partial charge in [-0.25, -0.2) is 4.39 Å². The van der Waals surface area contributed by atoms with Crippen molar-refractivity contribution in [2.75, 3.05) is 19.1 Å². The number of hydrogen-bond acceptors (Lipinski definition) is 2. The van der Waals surface area contributed by atoms with Crippen LogP contribution in [0.4, 0.5) is 4.39 Å². The second-order valence-corrected chi connectivity index (χ2v) is 2.94. The summed E-state index contributed by atoms with van der Waals surface area (Å²) in [6, 6.07) is 4.17. The van der Waals surface area contributed by atoms with Crippen LogP contribution in [0, 0.1) is 5.82 Å². The van der Waals surface area contributed by atoms with Crippen LogP contribution in [0.25, 0.3) is 0 Å². The first-order chi connectivity index (χ1) is 6.77. The van der Waals surface area contributed by atoms with Gasteiger partial charge in [-0.1, -0.05) is 0 Å². The van der Waals surface area contributed by atoms with Crippen LogP contribution in [0.3, 0.4) is 0 Å². The Morgan fingerprint density at radius 2 is 2.07 bits per heavy atom. The number of ether oxygens (including phenoxy) is 2. The van der Waals surface area contributed by atoms with Crippen molar-refractivity contribution < 1.29 is 13.9 Å². The normalized spacial score (nSPS) is 9.93. The van der Waals surface area contributed by atoms with Gasteiger partial charge < -0.3 is 9.47 Å². The number of hydrogen-bond donors (Lipinski definition) is 0. The van der Waals surface area contributed by atoms with E-state index in [0.717, 1.165) is 0 Å². The molecule has 1 aromatic carbocycles. The first-order valence-corrected chi connectivity index (χ1v) is 4.92. The highest BCUT2D eigenvalue weighted by atomic mass is 35.5. The molecule has 0 bridgehead atoms. The molecule has 0 saturated carbocycles. The standard InChI is InChI=1S/C10H12ClFO2/c1-2-13-9-4-3-8(12)7-10(9)14-6-5-11/h3-4,7H,2,5-6H2,1H3. The van der Waals surface area contributed by atoms with Crippen molar-refractivity contribution in [3.63, 3.8) is 0 Å². The summed E-state index contributed by atoms with van der Waals surface area (Å²) >= 11 is 5.46. The minimum absolute atomic E-state index is 0.338. The highest BCUT2D eigenvalue weighted by Gasteiger charge is 2.05. The Balaban J connectivity index is 2.79. The molecule has 0 atom stereocenters. The average molecular weight is 219 g/mol. The van der Waals surface area contributed by atoms with E-state index in [2.05, 4.69) is 0 Å². The largest absolute Gasteiger partial charge is 0.490 e. The number of halogens is 2. The number of rotatable bonds is 5. The van der Waals surface area contributed by atoms with Crippen LogP contribution in [0.2, 0.25) is 0 Å². The van der Waals surface area contributed by atoms with Gasteiger partial charge in [0.15, 0.2) is 11.5 Å². The smallest absolute Gasteiger partial charge is 0.164 e. The SMILES string of the molecule is CCOc1ccc(F)cc1OCCCl. The molecule has 0 aliphatic carbocycles. The van der Waals surface area contributed by atoms with E-state index >= 15 is 0 Å². The van der Waals surface area contributed by atoms with E-state index < -0.39 is 0 Å². The van der Waals surface area contributed by atoms with Gasteiger partial charge in [0.25, 0.3) is 0 Å². The molecule has 1 aromatic rings. The van der Waals surface area contributed by atoms with Crippen molar-refractivity contribution in [3.05, 3.63) is 24.0 Å². The van der Waals surface area contributed by atoms with Gasteiger partial charge in [0.1, 0.15) is 12.4 Å². The average Bonchev–Trinajstić information content (AvgIpc) is 2.18. The summed E-state index contributed by atoms with van der Waals surface area (Å²) in [6.07, 6.45) is 0. The fourth-order valence-corrected chi connectivity index (χ4v) is 1.10. The van der Waals surface area contributed by atoms with Crippen LogP contribution in [0.15, 0.2) is 18.2 Å². The zero-order valence-corrected chi connectivity index (χ0v) is 8.68. The molecular weight excluding hydrogens is 207 g/mol. The fourth-order valence-electron chi connectivity index (χ4n) is 1.02. The van der Waals surface area contributed by atoms with Crippen molar-refractivity contribution in [3.8, 4) is 11.5 Å². The molecule has 0 saturated heterocycles. The predicted molar refractivity (Wildman–Crippen MR) is 53.8 cm³/mol. The van der Waals surface area contributed by atoms with E-state index in [1.165, 1.54) is 12.1 Å². The minimum Gasteiger partial charge on any atom is -0.490 e. The third-order valence-corrected chi connectivity index (χ3v) is 1.69. The van der Waals surface area contributed by atoms with Crippen molar-refractivity contribution in [1.82, 2.24) is 0 Å². The maximum atomic E-state index is 12.8. The molecule has 0 aromatic heterocycles. The summed E-state index contributed by atoms with van der Waals surface area (Å²) in [5, 5.41) is 0. The summed E-state index contributed by atoms with van der Waals surface area (Å²) in [5.41, 5.74) is 0. The molecule has 0 fully saturated rings. The quantitative estimate of drug-likeness (QED) is 0.708. The van der Waals surface area contributed by atoms with Crippen LogP contribution >= 0.6 is 11.6 Å². The molecule has 0 heterocycles. The molecule has 78 valence electrons. The molecule has 0 aliphatic heterocycles. The molecule has 0 aliphatic rings. The molecule has 0 N–H and O–H groups in total. The van der Waals surface area contributed by atoms with Crippen LogP contribution in [-0.2, 0) is 0 Å². The molecule has 14 heavy (non-hydrogen) atoms. The van der Waals surface area contributed by atoms with Gasteiger partial charge >= 0.3 is 0 Å². The van der Waals surface area contributed by atoms with Gasteiger partial charge in [0.2, 0.25) is 0 Å². The third kappa shape index (κ3) is 3.07. The zero-order valence-electron chi connectivity index (χ0n) is 7.93. The summed E-state index contributed by atoms with van der Waals surface area (Å²) in [6.45, 7) is 2.71. The van der Waals surface area contributed by atoms with Crippen molar-refractivity contribution in [1.29, 1.82) is 0 Å². The summed E-state index contributed by atoms with van der Waals surface area (Å²) in [7, 11) is 0. The van der Waals surface area contributed by atoms with E-state index in [1.807, 2.05) is 6.92 Å². The topological polar surface area (TPSA) is 18.5 Å². The van der Waals surface area contributed by atoms with Gasteiger partial charge in [0, 0.05) is 6.07 Å². The Hall–Kier alpha value is -0.960. The van der Waals surface area contributed by atoms with Crippen LogP contribution in [0.5, 0.6) is 11.5 Å². The van der Waals surface area contributed by atoms with Crippen molar-refractivity contribution in [2.24, 2.45) is 0 Å². The minimum atomic E-state index is -0.349. The highest BCUT2D eigenvalue weighted by molar-refractivity contribution is 6.18. The molecule has 4 heteroatoms. The Morgan fingerprint density at radius 1 is 1.29 bits per heavy atom. The van der Waals surface area contributed by atoms with Gasteiger partial charge in [-0.2, -0.15) is 0 Å². The first-order valence-electron chi connectivity index (χ1n) is 4.39. The van der Waals surface area contributed by atoms with E-state index in [4.69, 9.17) is 21.1 Å². The maximum absolute atomic E-state index is 12.8. The van der Waals surface area contributed by atoms with Crippen LogP contribution < -0.4 is 9.47 Å². The fraction of sp³-hybridized carbons (Fsp3) is 0.400. The molecule has 0 unspecified atom stereocenters. The lowest BCUT2D eigenvalue weighted by Crippen LogP contribution is -2.01. The number of alkyl halides is 1. The predicted octanol–water partition coefficient (Wildman–Crippen LogP) is 2.84. The van der Waals surface area contributed by atoms with Crippen molar-refractivity contribution >= 4 is 11.6 Å². The molecule has 2 nitrogen and oxygen atoms in total. The Labute approximate surface area is 87.6 Å². The third-order valence-electron chi connectivity index (χ3n) is 1.54. The second kappa shape index (κ2) is 5.70. The molecule has 0 radical (unpaired) electrons. The van der Waals surface area contributed by atoms with E-state index in [-0.39, 0.29) is 5.82 Å². The lowest BCUT2D eigenvalue weighted by molar-refractivity contribution is 0.287. The van der Waals surface area contributed by atoms with Gasteiger partial charge in [-0.05, 0) is 19.1 Å². The lowest BCUT2D eigenvalue weighted by atomic mass is 10.3. The Morgan fingerprint density at radius 3 is 2.71 bits per heavy atom. The maximum Gasteiger partial charge on any atom is 0.164 e. The highest BCUT2D eigenvalue weighted by Crippen LogP contribution is 2.27. The second-order valence-electron chi connectivity index (χ2n) is 2.56. The summed E-state index contributed by atoms with van der Waals surface area (Å²) in [4.78, 5) is 0. The summed E-state index contributed by atoms with van der Waals surface area (Å²) < 4.78 is 23.3. The molecule has 1 rings (SSSR count). The van der Waals surface area contributed by atoms with Crippen LogP contribution in [0.1, 0.15) is 6.92 Å². The lowest BCUT2D eigenvalue weighted by Gasteiger charge is -2.10. The number of benzene rings is 1. The Kier molecular flexibility index (Phi) is 4.53. The van der Waals surface area contributed by atoms with Gasteiger partial charge in [-0.15, -0.1) is 11.6 Å². The van der Waals surface area contributed by atoms with E-state index in [9.17, 15) is 4.39 Å². The van der Waals surface area contributed by atoms with Gasteiger partial charge in [0.05, 0.1) is 12.5 Å². The Bertz CT molecular complexity index is 291. The summed E-state index contributed by atoms with van der Waals surface area (Å²) in [5.74, 6) is 0.951. The first kappa shape index (κ1) is 11.1. The van der Waals surface area contributed by atoms with Crippen LogP contribution in [-0.4, -0.2) is 19.1 Å². The molecule has 0 spiro atoms. The van der Waals surface area contributed by atoms with Crippen molar-refractivity contribution in [2.45, 2.75) is 6.92 Å². The van der Waals surface area contributed by atoms with E-state index in [1.54, 1.807) is 6.07 Å². The molecular formula is C10H12ClFO2.